The summed E-state index contributed by atoms with van der Waals surface area (Å²) in [6.07, 6.45) is 0. The third-order valence-electron chi connectivity index (χ3n) is 7.04. The molecule has 0 radical (unpaired) electrons. The smallest absolute Gasteiger partial charge is 0.119 e. The van der Waals surface area contributed by atoms with Gasteiger partial charge in [0.05, 0.1) is 25.6 Å². The minimum Gasteiger partial charge on any atom is -0.497 e. The molecule has 0 aromatic heterocycles. The van der Waals surface area contributed by atoms with Crippen LogP contribution in [0.4, 0.5) is 34.1 Å². The highest BCUT2D eigenvalue weighted by Gasteiger charge is 2.26. The summed E-state index contributed by atoms with van der Waals surface area (Å²) in [5, 5.41) is 0. The van der Waals surface area contributed by atoms with Crippen molar-refractivity contribution in [1.82, 2.24) is 0 Å². The second-order valence-electron chi connectivity index (χ2n) is 9.39. The molecule has 40 heavy (non-hydrogen) atoms. The third-order valence-corrected chi connectivity index (χ3v) is 7.04. The van der Waals surface area contributed by atoms with Gasteiger partial charge in [-0.2, -0.15) is 0 Å². The summed E-state index contributed by atoms with van der Waals surface area (Å²) in [4.78, 5) is 4.62. The second kappa shape index (κ2) is 11.3. The van der Waals surface area contributed by atoms with Gasteiger partial charge in [-0.25, -0.2) is 0 Å². The molecule has 4 aromatic carbocycles. The minimum atomic E-state index is 0.825. The lowest BCUT2D eigenvalue weighted by Crippen LogP contribution is -2.10. The Morgan fingerprint density at radius 3 is 1.05 bits per heavy atom. The first-order valence-electron chi connectivity index (χ1n) is 13.3. The Morgan fingerprint density at radius 2 is 0.700 bits per heavy atom. The zero-order valence-corrected chi connectivity index (χ0v) is 22.6. The summed E-state index contributed by atoms with van der Waals surface area (Å²) in [7, 11) is 3.39. The Morgan fingerprint density at radius 1 is 0.375 bits per heavy atom. The number of rotatable bonds is 8. The van der Waals surface area contributed by atoms with Crippen LogP contribution in [0.1, 0.15) is 0 Å². The number of hydrogen-bond donors (Lipinski definition) is 0. The van der Waals surface area contributed by atoms with E-state index in [1.165, 1.54) is 0 Å². The average Bonchev–Trinajstić information content (AvgIpc) is 3.18. The number of benzene rings is 4. The average molecular weight is 523 g/mol. The summed E-state index contributed by atoms with van der Waals surface area (Å²) in [6, 6.07) is 50.4. The van der Waals surface area contributed by atoms with Crippen LogP contribution in [0.5, 0.6) is 11.5 Å². The molecular weight excluding hydrogens is 492 g/mol. The molecule has 0 aliphatic heterocycles. The molecule has 6 rings (SSSR count). The highest BCUT2D eigenvalue weighted by molar-refractivity contribution is 6.01. The van der Waals surface area contributed by atoms with Crippen LogP contribution >= 0.6 is 0 Å². The Bertz CT molecular complexity index is 1530. The van der Waals surface area contributed by atoms with Crippen molar-refractivity contribution < 1.29 is 9.47 Å². The zero-order chi connectivity index (χ0) is 27.3. The van der Waals surface area contributed by atoms with E-state index in [2.05, 4.69) is 119 Å². The lowest BCUT2D eigenvalue weighted by atomic mass is 10.1. The third kappa shape index (κ3) is 4.83. The summed E-state index contributed by atoms with van der Waals surface area (Å²) >= 11 is 0. The first kappa shape index (κ1) is 25.1. The van der Waals surface area contributed by atoms with Gasteiger partial charge in [0.1, 0.15) is 11.5 Å². The molecule has 0 heterocycles. The van der Waals surface area contributed by atoms with E-state index < -0.39 is 0 Å². The van der Waals surface area contributed by atoms with Gasteiger partial charge in [0, 0.05) is 33.9 Å². The molecule has 4 nitrogen and oxygen atoms in total. The van der Waals surface area contributed by atoms with Gasteiger partial charge in [0.15, 0.2) is 0 Å². The Hall–Kier alpha value is -5.22. The van der Waals surface area contributed by atoms with Crippen LogP contribution in [0.3, 0.4) is 0 Å². The first-order chi connectivity index (χ1) is 19.8. The van der Waals surface area contributed by atoms with Gasteiger partial charge >= 0.3 is 0 Å². The van der Waals surface area contributed by atoms with Crippen LogP contribution in [0.2, 0.25) is 0 Å². The predicted molar refractivity (Wildman–Crippen MR) is 166 cm³/mol. The Kier molecular flexibility index (Phi) is 7.06. The summed E-state index contributed by atoms with van der Waals surface area (Å²) in [6.45, 7) is 0. The molecule has 0 bridgehead atoms. The van der Waals surface area contributed by atoms with Crippen molar-refractivity contribution in [2.45, 2.75) is 0 Å². The first-order valence-corrected chi connectivity index (χ1v) is 13.3. The molecule has 0 unspecified atom stereocenters. The van der Waals surface area contributed by atoms with Gasteiger partial charge in [-0.3, -0.25) is 0 Å². The zero-order valence-electron chi connectivity index (χ0n) is 22.6. The van der Waals surface area contributed by atoms with Gasteiger partial charge in [0.25, 0.3) is 0 Å². The van der Waals surface area contributed by atoms with E-state index in [4.69, 9.17) is 9.47 Å². The SMILES string of the molecule is COc1ccc(N(c2ccccc2)c2cc(N(c3ccccc3)c3ccc(OC)cc3)c3cccccc2-3)cc1. The van der Waals surface area contributed by atoms with Gasteiger partial charge in [-0.15, -0.1) is 0 Å². The predicted octanol–water partition coefficient (Wildman–Crippen LogP) is 9.75. The number of hydrogen-bond acceptors (Lipinski definition) is 4. The highest BCUT2D eigenvalue weighted by atomic mass is 16.5. The Labute approximate surface area is 235 Å². The monoisotopic (exact) mass is 522 g/mol. The number of para-hydroxylation sites is 2. The number of anilines is 6. The molecule has 0 spiro atoms. The normalized spacial score (nSPS) is 10.8. The van der Waals surface area contributed by atoms with Crippen LogP contribution in [0, 0.1) is 0 Å². The van der Waals surface area contributed by atoms with Crippen molar-refractivity contribution in [1.29, 1.82) is 0 Å². The van der Waals surface area contributed by atoms with Crippen molar-refractivity contribution in [3.63, 3.8) is 0 Å². The molecule has 0 amide bonds. The molecule has 196 valence electrons. The van der Waals surface area contributed by atoms with E-state index in [9.17, 15) is 0 Å². The van der Waals surface area contributed by atoms with Crippen LogP contribution in [-0.2, 0) is 0 Å². The van der Waals surface area contributed by atoms with Gasteiger partial charge < -0.3 is 19.3 Å². The Balaban J connectivity index is 1.60. The topological polar surface area (TPSA) is 24.9 Å². The van der Waals surface area contributed by atoms with E-state index in [0.717, 1.165) is 56.8 Å². The van der Waals surface area contributed by atoms with E-state index in [1.54, 1.807) is 14.2 Å². The molecule has 4 aromatic rings. The number of methoxy groups -OCH3 is 2. The van der Waals surface area contributed by atoms with Crippen molar-refractivity contribution in [2.24, 2.45) is 0 Å². The molecule has 0 N–H and O–H groups in total. The lowest BCUT2D eigenvalue weighted by Gasteiger charge is -2.26. The van der Waals surface area contributed by atoms with Gasteiger partial charge in [-0.05, 0) is 78.9 Å². The quantitative estimate of drug-likeness (QED) is 0.199. The van der Waals surface area contributed by atoms with Gasteiger partial charge in [0.2, 0.25) is 0 Å². The maximum absolute atomic E-state index is 5.46. The summed E-state index contributed by atoms with van der Waals surface area (Å²) in [5.41, 5.74) is 8.73. The van der Waals surface area contributed by atoms with Crippen LogP contribution in [0.25, 0.3) is 11.1 Å². The van der Waals surface area contributed by atoms with Crippen molar-refractivity contribution in [3.05, 3.63) is 146 Å². The molecule has 0 saturated heterocycles. The highest BCUT2D eigenvalue weighted by Crippen LogP contribution is 2.51. The van der Waals surface area contributed by atoms with Gasteiger partial charge in [-0.1, -0.05) is 66.7 Å². The van der Waals surface area contributed by atoms with Crippen molar-refractivity contribution in [2.75, 3.05) is 24.0 Å². The maximum Gasteiger partial charge on any atom is 0.119 e. The number of nitrogens with zero attached hydrogens (tertiary/aromatic N) is 2. The summed E-state index contributed by atoms with van der Waals surface area (Å²) in [5.74, 6) is 1.65. The van der Waals surface area contributed by atoms with Crippen molar-refractivity contribution >= 4 is 34.1 Å². The molecule has 0 fully saturated rings. The minimum absolute atomic E-state index is 0.825. The molecule has 0 saturated carbocycles. The lowest BCUT2D eigenvalue weighted by molar-refractivity contribution is 0.414. The number of fused-ring (bicyclic) bond motifs is 1. The number of ether oxygens (including phenoxy) is 2. The largest absolute Gasteiger partial charge is 0.497 e. The van der Waals surface area contributed by atoms with Crippen LogP contribution < -0.4 is 19.3 Å². The molecule has 4 heteroatoms. The van der Waals surface area contributed by atoms with E-state index in [0.29, 0.717) is 0 Å². The second-order valence-corrected chi connectivity index (χ2v) is 9.39. The molecule has 2 aliphatic rings. The van der Waals surface area contributed by atoms with E-state index in [-0.39, 0.29) is 0 Å². The fourth-order valence-electron chi connectivity index (χ4n) is 5.12. The van der Waals surface area contributed by atoms with Crippen LogP contribution in [0.15, 0.2) is 146 Å². The standard InChI is InChI=1S/C36H30N2O2/c1-39-31-22-18-29(19-23-31)37(27-12-6-3-7-13-27)35-26-36(34-17-11-5-10-16-33(34)35)38(28-14-8-4-9-15-28)30-20-24-32(40-2)25-21-30/h3-26H,1-2H3. The fourth-order valence-corrected chi connectivity index (χ4v) is 5.12. The molecular formula is C36H30N2O2. The maximum atomic E-state index is 5.46. The summed E-state index contributed by atoms with van der Waals surface area (Å²) < 4.78 is 10.9. The van der Waals surface area contributed by atoms with E-state index >= 15 is 0 Å². The molecule has 0 atom stereocenters. The van der Waals surface area contributed by atoms with Crippen molar-refractivity contribution in [3.8, 4) is 22.6 Å². The van der Waals surface area contributed by atoms with Crippen LogP contribution in [-0.4, -0.2) is 14.2 Å². The van der Waals surface area contributed by atoms with E-state index in [1.807, 2.05) is 36.4 Å². The molecule has 2 aliphatic carbocycles. The fraction of sp³-hybridized carbons (Fsp3) is 0.0556.